The second-order valence-corrected chi connectivity index (χ2v) is 4.17. The minimum atomic E-state index is -6.80. The molecule has 0 saturated heterocycles. The summed E-state index contributed by atoms with van der Waals surface area (Å²) in [6.07, 6.45) is -12.2. The molecular formula is C11H3F11O2. The number of carbonyl (C=O) groups is 1. The first-order valence-electron chi connectivity index (χ1n) is 5.43. The smallest absolute Gasteiger partial charge is 0.403 e. The molecule has 0 aliphatic rings. The van der Waals surface area contributed by atoms with Gasteiger partial charge in [-0.1, -0.05) is 0 Å². The predicted molar refractivity (Wildman–Crippen MR) is 53.4 cm³/mol. The summed E-state index contributed by atoms with van der Waals surface area (Å²) in [4.78, 5) is 11.1. The molecule has 24 heavy (non-hydrogen) atoms. The Morgan fingerprint density at radius 3 is 1.75 bits per heavy atom. The van der Waals surface area contributed by atoms with Gasteiger partial charge < -0.3 is 4.74 Å². The number of alkyl halides is 10. The van der Waals surface area contributed by atoms with Crippen molar-refractivity contribution in [3.8, 4) is 5.75 Å². The van der Waals surface area contributed by atoms with Crippen molar-refractivity contribution >= 4 is 5.78 Å². The quantitative estimate of drug-likeness (QED) is 0.561. The second kappa shape index (κ2) is 5.77. The molecule has 0 aromatic heterocycles. The number of rotatable bonds is 4. The third-order valence-corrected chi connectivity index (χ3v) is 2.46. The molecule has 0 bridgehead atoms. The lowest BCUT2D eigenvalue weighted by molar-refractivity contribution is -0.339. The summed E-state index contributed by atoms with van der Waals surface area (Å²) in [6, 6.07) is -0.436. The van der Waals surface area contributed by atoms with E-state index in [0.717, 1.165) is 0 Å². The van der Waals surface area contributed by atoms with Crippen molar-refractivity contribution in [2.75, 3.05) is 0 Å². The first-order chi connectivity index (χ1) is 10.5. The Hall–Kier alpha value is -2.08. The molecule has 2 nitrogen and oxygen atoms in total. The van der Waals surface area contributed by atoms with Gasteiger partial charge in [-0.25, -0.2) is 4.39 Å². The lowest BCUT2D eigenvalue weighted by atomic mass is 9.99. The van der Waals surface area contributed by atoms with Crippen LogP contribution in [0.1, 0.15) is 10.4 Å². The van der Waals surface area contributed by atoms with Crippen LogP contribution < -0.4 is 4.74 Å². The van der Waals surface area contributed by atoms with E-state index in [0.29, 0.717) is 0 Å². The standard InChI is InChI=1S/C11H3F11O2/c12-5-3-4(1-2-6(5)24-11(20,21)22)7(23)8(13,14)9(15,16)10(17,18)19/h1-3H. The number of Topliss-reactive ketones (excluding diaryl/α,β-unsaturated/α-hetero) is 1. The van der Waals surface area contributed by atoms with Gasteiger partial charge in [0.25, 0.3) is 0 Å². The van der Waals surface area contributed by atoms with Gasteiger partial charge in [0.1, 0.15) is 0 Å². The molecule has 0 spiro atoms. The third kappa shape index (κ3) is 3.70. The van der Waals surface area contributed by atoms with Crippen LogP contribution in [0.25, 0.3) is 0 Å². The summed E-state index contributed by atoms with van der Waals surface area (Å²) in [7, 11) is 0. The highest BCUT2D eigenvalue weighted by molar-refractivity contribution is 6.02. The molecule has 1 aromatic carbocycles. The maximum absolute atomic E-state index is 13.2. The van der Waals surface area contributed by atoms with E-state index in [4.69, 9.17) is 0 Å². The average molecular weight is 376 g/mol. The first-order valence-corrected chi connectivity index (χ1v) is 5.43. The van der Waals surface area contributed by atoms with Gasteiger partial charge >= 0.3 is 24.4 Å². The summed E-state index contributed by atoms with van der Waals surface area (Å²) >= 11 is 0. The molecule has 0 aliphatic carbocycles. The van der Waals surface area contributed by atoms with Crippen molar-refractivity contribution in [2.24, 2.45) is 0 Å². The Morgan fingerprint density at radius 2 is 1.38 bits per heavy atom. The number of hydrogen-bond acceptors (Lipinski definition) is 2. The zero-order valence-electron chi connectivity index (χ0n) is 10.7. The molecule has 0 heterocycles. The molecule has 1 aromatic rings. The van der Waals surface area contributed by atoms with Gasteiger partial charge in [-0.05, 0) is 18.2 Å². The van der Waals surface area contributed by atoms with Crippen molar-refractivity contribution in [3.63, 3.8) is 0 Å². The highest BCUT2D eigenvalue weighted by Gasteiger charge is 2.76. The van der Waals surface area contributed by atoms with Gasteiger partial charge in [-0.2, -0.15) is 30.7 Å². The van der Waals surface area contributed by atoms with Gasteiger partial charge in [-0.3, -0.25) is 4.79 Å². The van der Waals surface area contributed by atoms with E-state index < -0.39 is 47.3 Å². The summed E-state index contributed by atoms with van der Waals surface area (Å²) in [5.41, 5.74) is -1.71. The van der Waals surface area contributed by atoms with E-state index in [-0.39, 0.29) is 18.2 Å². The Bertz CT molecular complexity index is 630. The Labute approximate surface area is 124 Å². The lowest BCUT2D eigenvalue weighted by Crippen LogP contribution is -2.56. The predicted octanol–water partition coefficient (Wildman–Crippen LogP) is 4.74. The van der Waals surface area contributed by atoms with Gasteiger partial charge in [0, 0.05) is 5.56 Å². The molecule has 0 radical (unpaired) electrons. The number of halogens is 11. The highest BCUT2D eigenvalue weighted by atomic mass is 19.4. The van der Waals surface area contributed by atoms with Crippen molar-refractivity contribution in [1.29, 1.82) is 0 Å². The van der Waals surface area contributed by atoms with Gasteiger partial charge in [0.15, 0.2) is 11.6 Å². The third-order valence-electron chi connectivity index (χ3n) is 2.46. The zero-order valence-corrected chi connectivity index (χ0v) is 10.7. The van der Waals surface area contributed by atoms with Crippen LogP contribution in [0.2, 0.25) is 0 Å². The first kappa shape index (κ1) is 20.0. The fraction of sp³-hybridized carbons (Fsp3) is 0.364. The normalized spacial score (nSPS) is 13.8. The summed E-state index contributed by atoms with van der Waals surface area (Å²) in [5, 5.41) is 0. The fourth-order valence-corrected chi connectivity index (χ4v) is 1.35. The van der Waals surface area contributed by atoms with E-state index in [2.05, 4.69) is 4.74 Å². The van der Waals surface area contributed by atoms with Gasteiger partial charge in [0.05, 0.1) is 0 Å². The zero-order chi connectivity index (χ0) is 19.1. The van der Waals surface area contributed by atoms with Crippen LogP contribution >= 0.6 is 0 Å². The fourth-order valence-electron chi connectivity index (χ4n) is 1.35. The molecule has 1 rings (SSSR count). The molecule has 0 unspecified atom stereocenters. The molecule has 0 N–H and O–H groups in total. The topological polar surface area (TPSA) is 26.3 Å². The van der Waals surface area contributed by atoms with Crippen LogP contribution in [-0.4, -0.2) is 30.2 Å². The summed E-state index contributed by atoms with van der Waals surface area (Å²) in [5.74, 6) is -19.9. The maximum Gasteiger partial charge on any atom is 0.573 e. The van der Waals surface area contributed by atoms with E-state index in [1.165, 1.54) is 0 Å². The minimum absolute atomic E-state index is 0.0210. The Morgan fingerprint density at radius 1 is 0.875 bits per heavy atom. The second-order valence-electron chi connectivity index (χ2n) is 4.17. The van der Waals surface area contributed by atoms with Crippen LogP contribution in [0, 0.1) is 5.82 Å². The molecule has 0 saturated carbocycles. The number of ketones is 1. The highest BCUT2D eigenvalue weighted by Crippen LogP contribution is 2.47. The number of hydrogen-bond donors (Lipinski definition) is 0. The van der Waals surface area contributed by atoms with Crippen LogP contribution in [-0.2, 0) is 0 Å². The van der Waals surface area contributed by atoms with Crippen LogP contribution in [0.15, 0.2) is 18.2 Å². The van der Waals surface area contributed by atoms with Crippen molar-refractivity contribution in [1.82, 2.24) is 0 Å². The molecular weight excluding hydrogens is 373 g/mol. The van der Waals surface area contributed by atoms with E-state index in [1.54, 1.807) is 0 Å². The van der Waals surface area contributed by atoms with Gasteiger partial charge in [0.2, 0.25) is 5.78 Å². The van der Waals surface area contributed by atoms with Crippen LogP contribution in [0.3, 0.4) is 0 Å². The maximum atomic E-state index is 13.2. The summed E-state index contributed by atoms with van der Waals surface area (Å²) in [6.45, 7) is 0. The van der Waals surface area contributed by atoms with Crippen LogP contribution in [0.4, 0.5) is 48.3 Å². The van der Waals surface area contributed by atoms with Crippen molar-refractivity contribution in [3.05, 3.63) is 29.6 Å². The largest absolute Gasteiger partial charge is 0.573 e. The molecule has 136 valence electrons. The molecule has 13 heteroatoms. The Kier molecular flexibility index (Phi) is 4.80. The molecule has 0 aliphatic heterocycles. The van der Waals surface area contributed by atoms with E-state index in [9.17, 15) is 53.1 Å². The average Bonchev–Trinajstić information content (AvgIpc) is 2.37. The molecule has 0 fully saturated rings. The Balaban J connectivity index is 3.23. The van der Waals surface area contributed by atoms with Crippen molar-refractivity contribution in [2.45, 2.75) is 24.4 Å². The minimum Gasteiger partial charge on any atom is -0.403 e. The van der Waals surface area contributed by atoms with E-state index in [1.807, 2.05) is 0 Å². The number of carbonyl (C=O) groups excluding carboxylic acids is 1. The monoisotopic (exact) mass is 376 g/mol. The van der Waals surface area contributed by atoms with Gasteiger partial charge in [-0.15, -0.1) is 13.2 Å². The van der Waals surface area contributed by atoms with Crippen LogP contribution in [0.5, 0.6) is 5.75 Å². The van der Waals surface area contributed by atoms with Crippen molar-refractivity contribution < 1.29 is 57.8 Å². The lowest BCUT2D eigenvalue weighted by Gasteiger charge is -2.27. The number of benzene rings is 1. The summed E-state index contributed by atoms with van der Waals surface area (Å²) < 4.78 is 139. The number of ether oxygens (including phenoxy) is 1. The molecule has 0 atom stereocenters. The van der Waals surface area contributed by atoms with E-state index >= 15 is 0 Å². The SMILES string of the molecule is O=C(c1ccc(OC(F)(F)F)c(F)c1)C(F)(F)C(F)(F)C(F)(F)F. The molecule has 0 amide bonds.